The van der Waals surface area contributed by atoms with Crippen LogP contribution in [0.1, 0.15) is 134 Å². The van der Waals surface area contributed by atoms with E-state index in [1.807, 2.05) is 149 Å². The normalized spacial score (nSPS) is 11.9. The molecule has 0 aliphatic heterocycles. The topological polar surface area (TPSA) is 157 Å². The van der Waals surface area contributed by atoms with Crippen LogP contribution in [0.4, 0.5) is 0 Å². The van der Waals surface area contributed by atoms with Gasteiger partial charge in [0.2, 0.25) is 17.6 Å². The van der Waals surface area contributed by atoms with Gasteiger partial charge in [0, 0.05) is 128 Å². The van der Waals surface area contributed by atoms with Crippen molar-refractivity contribution in [3.05, 3.63) is 345 Å². The van der Waals surface area contributed by atoms with Gasteiger partial charge in [-0.1, -0.05) is 225 Å². The number of hydrogen-bond acceptors (Lipinski definition) is 10. The summed E-state index contributed by atoms with van der Waals surface area (Å²) in [4.78, 5) is 21.7. The van der Waals surface area contributed by atoms with Gasteiger partial charge in [0.15, 0.2) is 0 Å². The number of ether oxygens (including phenoxy) is 3. The molecule has 14 nitrogen and oxygen atoms in total. The van der Waals surface area contributed by atoms with Crippen molar-refractivity contribution in [2.24, 2.45) is 0 Å². The molecule has 2 aliphatic rings. The number of unbranched alkanes of at least 4 members (excludes halogenated alkanes) is 4. The van der Waals surface area contributed by atoms with E-state index in [2.05, 4.69) is 231 Å². The van der Waals surface area contributed by atoms with Crippen LogP contribution in [-0.4, -0.2) is 55.4 Å². The van der Waals surface area contributed by atoms with Crippen molar-refractivity contribution in [3.63, 3.8) is 0 Å². The van der Waals surface area contributed by atoms with Crippen molar-refractivity contribution in [1.82, 2.24) is 44.3 Å². The fraction of sp³-hybridized carbons (Fsp3) is 0.194. The van der Waals surface area contributed by atoms with Gasteiger partial charge in [0.05, 0.1) is 18.6 Å². The van der Waals surface area contributed by atoms with Crippen molar-refractivity contribution in [2.45, 2.75) is 122 Å². The Labute approximate surface area is 731 Å². The molecule has 0 bridgehead atoms. The van der Waals surface area contributed by atoms with E-state index in [-0.39, 0.29) is 31.9 Å². The zero-order valence-corrected chi connectivity index (χ0v) is 74.0. The van der Waals surface area contributed by atoms with Crippen LogP contribution >= 0.6 is 18.8 Å². The summed E-state index contributed by atoms with van der Waals surface area (Å²) in [6.07, 6.45) is 31.5. The van der Waals surface area contributed by atoms with Crippen LogP contribution in [0.25, 0.3) is 83.8 Å². The largest absolute Gasteiger partial charge is 0.466 e. The molecule has 602 valence electrons. The summed E-state index contributed by atoms with van der Waals surface area (Å²) in [7, 11) is 9.22. The van der Waals surface area contributed by atoms with E-state index in [4.69, 9.17) is 34.3 Å². The van der Waals surface area contributed by atoms with Gasteiger partial charge in [-0.15, -0.1) is 54.6 Å². The maximum Gasteiger partial charge on any atom is 0.216 e. The van der Waals surface area contributed by atoms with Gasteiger partial charge >= 0.3 is 56.4 Å². The molecule has 6 heterocycles. The van der Waals surface area contributed by atoms with E-state index in [9.17, 15) is 0 Å². The number of pyridine rings is 3. The number of aliphatic carboxylic acids is 1. The first-order valence-corrected chi connectivity index (χ1v) is 44.7. The smallest absolute Gasteiger partial charge is 0.216 e. The molecule has 0 spiro atoms. The molecule has 6 aromatic heterocycles. The van der Waals surface area contributed by atoms with Crippen molar-refractivity contribution < 1.29 is 82.7 Å². The quantitative estimate of drug-likeness (QED) is 0.0543. The van der Waals surface area contributed by atoms with Crippen LogP contribution in [-0.2, 0) is 74.2 Å². The second-order valence-electron chi connectivity index (χ2n) is 28.2. The zero-order chi connectivity index (χ0) is 81.1. The van der Waals surface area contributed by atoms with Gasteiger partial charge in [0.1, 0.15) is 0 Å². The maximum absolute atomic E-state index is 9.00. The number of nitrogens with zero attached hydrogens (tertiary/aromatic N) is 9. The summed E-state index contributed by atoms with van der Waals surface area (Å²) < 4.78 is 23.1. The molecule has 0 atom stereocenters. The summed E-state index contributed by atoms with van der Waals surface area (Å²) in [5.74, 6) is 2.59. The van der Waals surface area contributed by atoms with Crippen LogP contribution in [0.15, 0.2) is 304 Å². The third kappa shape index (κ3) is 21.7. The summed E-state index contributed by atoms with van der Waals surface area (Å²) in [5.41, 5.74) is 23.3. The van der Waals surface area contributed by atoms with Gasteiger partial charge in [0.25, 0.3) is 5.97 Å². The van der Waals surface area contributed by atoms with Crippen molar-refractivity contribution in [3.8, 4) is 119 Å². The van der Waals surface area contributed by atoms with E-state index in [0.29, 0.717) is 34.9 Å². The van der Waals surface area contributed by atoms with Crippen molar-refractivity contribution >= 4 is 24.8 Å². The van der Waals surface area contributed by atoms with Crippen LogP contribution in [0, 0.1) is 18.2 Å². The van der Waals surface area contributed by atoms with Crippen LogP contribution in [0.3, 0.4) is 0 Å². The SMILES string of the molecule is CC(=O)O.CCCCC1(CCCC)c2ccccc2-c2ccc(-c3cnn(-c4[c-]c(Oc5ccccn5)ccc4)c3)cc21.CCCCC1(CCCC)c2ccccc2-c2ccc(-c3cnn(-c4[c-]c(Oc5ccccn5)ccc4)c3)cc21.[Cl][Pt+].[Cl][Pt+].[Pt].[c-]1c(Oc2ccccn2)cccc1-n1cc(-c2ccc(-c3ccccc3)cc2)cn1. The number of benzene rings is 9. The second kappa shape index (κ2) is 43.7. The van der Waals surface area contributed by atoms with Gasteiger partial charge in [-0.3, -0.25) is 18.8 Å². The van der Waals surface area contributed by atoms with Crippen molar-refractivity contribution in [2.75, 3.05) is 0 Å². The summed E-state index contributed by atoms with van der Waals surface area (Å²) in [6.45, 7) is 10.3. The fourth-order valence-electron chi connectivity index (χ4n) is 15.3. The average Bonchev–Trinajstić information content (AvgIpc) is 1.57. The predicted octanol–water partition coefficient (Wildman–Crippen LogP) is 26.0. The molecule has 19 heteroatoms. The number of fused-ring (bicyclic) bond motifs is 6. The Kier molecular flexibility index (Phi) is 32.6. The average molecular weight is 2130 g/mol. The Morgan fingerprint density at radius 1 is 0.359 bits per heavy atom. The Morgan fingerprint density at radius 2 is 0.650 bits per heavy atom. The molecule has 1 N–H and O–H groups in total. The molecule has 2 aliphatic carbocycles. The Bertz CT molecular complexity index is 5360. The number of hydrogen-bond donors (Lipinski definition) is 1. The Hall–Kier alpha value is -10.4. The van der Waals surface area contributed by atoms with Gasteiger partial charge in [-0.25, -0.2) is 15.0 Å². The molecular formula is C98H90Cl2N9O5Pt3-. The third-order valence-corrected chi connectivity index (χ3v) is 20.7. The monoisotopic (exact) mass is 2130 g/mol. The van der Waals surface area contributed by atoms with E-state index < -0.39 is 5.97 Å². The van der Waals surface area contributed by atoms with Crippen LogP contribution in [0.2, 0.25) is 0 Å². The minimum absolute atomic E-state index is 0. The molecule has 117 heavy (non-hydrogen) atoms. The molecule has 17 rings (SSSR count). The summed E-state index contributed by atoms with van der Waals surface area (Å²) in [6, 6.07) is 95.0. The number of carboxylic acid groups (broad SMARTS) is 1. The zero-order valence-electron chi connectivity index (χ0n) is 65.7. The van der Waals surface area contributed by atoms with Crippen molar-refractivity contribution in [1.29, 1.82) is 0 Å². The van der Waals surface area contributed by atoms with E-state index in [0.717, 1.165) is 46.2 Å². The summed E-state index contributed by atoms with van der Waals surface area (Å²) in [5, 5.41) is 21.3. The number of rotatable bonds is 25. The molecule has 0 fully saturated rings. The van der Waals surface area contributed by atoms with Gasteiger partial charge < -0.3 is 19.3 Å². The molecule has 0 unspecified atom stereocenters. The van der Waals surface area contributed by atoms with Crippen LogP contribution < -0.4 is 14.2 Å². The first-order valence-electron chi connectivity index (χ1n) is 39.1. The first-order chi connectivity index (χ1) is 57.0. The number of halogens is 2. The first kappa shape index (κ1) is 87.4. The Morgan fingerprint density at radius 3 is 0.983 bits per heavy atom. The number of aromatic nitrogens is 9. The van der Waals surface area contributed by atoms with Gasteiger partial charge in [-0.2, -0.15) is 33.5 Å². The van der Waals surface area contributed by atoms with Gasteiger partial charge in [-0.05, 0) is 145 Å². The predicted molar refractivity (Wildman–Crippen MR) is 457 cm³/mol. The van der Waals surface area contributed by atoms with E-state index >= 15 is 0 Å². The summed E-state index contributed by atoms with van der Waals surface area (Å²) >= 11 is 3.22. The molecule has 9 aromatic carbocycles. The number of carbonyl (C=O) groups is 1. The minimum atomic E-state index is -0.833. The molecule has 0 radical (unpaired) electrons. The maximum atomic E-state index is 9.00. The molecule has 0 amide bonds. The fourth-order valence-corrected chi connectivity index (χ4v) is 15.3. The molecule has 15 aromatic rings. The minimum Gasteiger partial charge on any atom is -0.466 e. The Balaban J connectivity index is 0.000000165. The standard InChI is InChI=1S/2C35H34N3O.C26H18N3O.C2H4O2.2ClH.3Pt/c2*1-3-5-19-35(20-6-4-2)32-15-8-7-14-30(32)31-18-17-26(22-33(31)35)27-24-37-38(25-27)28-12-11-13-29(23-28)39-34-16-9-10-21-36-34;1-2-7-20(8-3-1)21-12-14-22(15-13-21)23-18-28-29(19-23)24-9-6-10-25(17-24)30-26-11-4-5-16-27-26;1-2(3)4;;;;;/h2*7-18,21-22,24-25H,3-6,19-20H2,1-2H3;1-16,18-19H;1H3,(H,3,4);2*1H;;;/q3*-1;;;;;2*+2/p-2. The van der Waals surface area contributed by atoms with Crippen LogP contribution in [0.5, 0.6) is 34.9 Å². The molecule has 0 saturated carbocycles. The third-order valence-electron chi connectivity index (χ3n) is 20.7. The second-order valence-corrected chi connectivity index (χ2v) is 28.2. The molecular weight excluding hydrogens is 2040 g/mol. The molecule has 0 saturated heterocycles. The van der Waals surface area contributed by atoms with E-state index in [1.165, 1.54) is 144 Å². The number of carboxylic acids is 1. The van der Waals surface area contributed by atoms with E-state index in [1.54, 1.807) is 60.8 Å².